The number of nitrogens with zero attached hydrogens (tertiary/aromatic N) is 1. The largest absolute Gasteiger partial charge is 0.486 e. The molecule has 17 heavy (non-hydrogen) atoms. The fourth-order valence-electron chi connectivity index (χ4n) is 1.48. The number of aliphatic hydroxyl groups is 1. The van der Waals surface area contributed by atoms with Crippen LogP contribution in [0.15, 0.2) is 34.9 Å². The Kier molecular flexibility index (Phi) is 3.44. The highest BCUT2D eigenvalue weighted by Crippen LogP contribution is 2.18. The Morgan fingerprint density at radius 3 is 2.59 bits per heavy atom. The zero-order valence-electron chi connectivity index (χ0n) is 9.88. The minimum atomic E-state index is -0.457. The van der Waals surface area contributed by atoms with Gasteiger partial charge in [-0.2, -0.15) is 0 Å². The van der Waals surface area contributed by atoms with Crippen LogP contribution in [-0.2, 0) is 6.61 Å². The molecule has 1 atom stereocenters. The van der Waals surface area contributed by atoms with E-state index < -0.39 is 6.10 Å². The third-order valence-corrected chi connectivity index (χ3v) is 2.42. The quantitative estimate of drug-likeness (QED) is 0.881. The zero-order valence-corrected chi connectivity index (χ0v) is 9.88. The van der Waals surface area contributed by atoms with Gasteiger partial charge >= 0.3 is 0 Å². The molecule has 1 aromatic carbocycles. The predicted molar refractivity (Wildman–Crippen MR) is 62.6 cm³/mol. The second kappa shape index (κ2) is 5.01. The lowest BCUT2D eigenvalue weighted by Gasteiger charge is -2.07. The number of benzene rings is 1. The molecular formula is C13H15NO3. The minimum Gasteiger partial charge on any atom is -0.486 e. The second-order valence-electron chi connectivity index (χ2n) is 3.97. The summed E-state index contributed by atoms with van der Waals surface area (Å²) < 4.78 is 10.6. The van der Waals surface area contributed by atoms with E-state index >= 15 is 0 Å². The Labute approximate surface area is 99.8 Å². The van der Waals surface area contributed by atoms with Crippen LogP contribution in [0.3, 0.4) is 0 Å². The third-order valence-electron chi connectivity index (χ3n) is 2.42. The van der Waals surface area contributed by atoms with E-state index in [1.54, 1.807) is 6.92 Å². The summed E-state index contributed by atoms with van der Waals surface area (Å²) in [6.45, 7) is 3.95. The van der Waals surface area contributed by atoms with Crippen molar-refractivity contribution in [2.24, 2.45) is 0 Å². The molecule has 2 aromatic rings. The fraction of sp³-hybridized carbons (Fsp3) is 0.308. The van der Waals surface area contributed by atoms with Crippen LogP contribution in [-0.4, -0.2) is 10.3 Å². The monoisotopic (exact) mass is 233 g/mol. The minimum absolute atomic E-state index is 0.356. The number of rotatable bonds is 4. The molecule has 0 saturated heterocycles. The molecule has 1 N–H and O–H groups in total. The first kappa shape index (κ1) is 11.7. The number of ether oxygens (including phenoxy) is 1. The number of aromatic nitrogens is 1. The van der Waals surface area contributed by atoms with Crippen molar-refractivity contribution in [2.45, 2.75) is 26.6 Å². The smallest absolute Gasteiger partial charge is 0.174 e. The van der Waals surface area contributed by atoms with Crippen molar-refractivity contribution in [3.05, 3.63) is 47.3 Å². The van der Waals surface area contributed by atoms with Gasteiger partial charge in [-0.15, -0.1) is 0 Å². The maximum atomic E-state index is 9.36. The van der Waals surface area contributed by atoms with E-state index in [1.165, 1.54) is 0 Å². The Morgan fingerprint density at radius 2 is 2.06 bits per heavy atom. The lowest BCUT2D eigenvalue weighted by molar-refractivity contribution is 0.199. The Morgan fingerprint density at radius 1 is 1.35 bits per heavy atom. The van der Waals surface area contributed by atoms with Crippen LogP contribution < -0.4 is 4.74 Å². The zero-order chi connectivity index (χ0) is 12.3. The summed E-state index contributed by atoms with van der Waals surface area (Å²) >= 11 is 0. The van der Waals surface area contributed by atoms with Gasteiger partial charge in [-0.1, -0.05) is 17.3 Å². The maximum absolute atomic E-state index is 9.36. The topological polar surface area (TPSA) is 55.5 Å². The van der Waals surface area contributed by atoms with Crippen molar-refractivity contribution in [1.29, 1.82) is 0 Å². The first-order valence-corrected chi connectivity index (χ1v) is 5.48. The first-order chi connectivity index (χ1) is 8.15. The van der Waals surface area contributed by atoms with E-state index in [0.717, 1.165) is 17.0 Å². The van der Waals surface area contributed by atoms with Gasteiger partial charge in [-0.05, 0) is 31.5 Å². The van der Waals surface area contributed by atoms with Crippen molar-refractivity contribution in [3.8, 4) is 5.75 Å². The van der Waals surface area contributed by atoms with Crippen LogP contribution in [0, 0.1) is 6.92 Å². The summed E-state index contributed by atoms with van der Waals surface area (Å²) in [6.07, 6.45) is -0.457. The van der Waals surface area contributed by atoms with Gasteiger partial charge in [-0.25, -0.2) is 0 Å². The van der Waals surface area contributed by atoms with Crippen LogP contribution in [0.5, 0.6) is 5.75 Å². The standard InChI is InChI=1S/C13H15NO3/c1-9-7-13(17-14-9)8-16-12-5-3-11(4-6-12)10(2)15/h3-7,10,15H,8H2,1-2H3/t10-/m1/s1. The van der Waals surface area contributed by atoms with Crippen LogP contribution in [0.4, 0.5) is 0 Å². The molecule has 0 amide bonds. The normalized spacial score (nSPS) is 12.4. The number of aliphatic hydroxyl groups excluding tert-OH is 1. The average Bonchev–Trinajstić information content (AvgIpc) is 2.73. The maximum Gasteiger partial charge on any atom is 0.174 e. The van der Waals surface area contributed by atoms with Crippen LogP contribution >= 0.6 is 0 Å². The van der Waals surface area contributed by atoms with Crippen molar-refractivity contribution in [1.82, 2.24) is 5.16 Å². The molecule has 0 aliphatic heterocycles. The van der Waals surface area contributed by atoms with Gasteiger partial charge in [0.1, 0.15) is 12.4 Å². The first-order valence-electron chi connectivity index (χ1n) is 5.48. The van der Waals surface area contributed by atoms with Crippen LogP contribution in [0.1, 0.15) is 30.0 Å². The number of aryl methyl sites for hydroxylation is 1. The Bertz CT molecular complexity index is 474. The van der Waals surface area contributed by atoms with Gasteiger partial charge in [0.2, 0.25) is 0 Å². The summed E-state index contributed by atoms with van der Waals surface area (Å²) in [5, 5.41) is 13.1. The Balaban J connectivity index is 1.95. The van der Waals surface area contributed by atoms with Crippen LogP contribution in [0.25, 0.3) is 0 Å². The van der Waals surface area contributed by atoms with Crippen molar-refractivity contribution in [3.63, 3.8) is 0 Å². The Hall–Kier alpha value is -1.81. The number of hydrogen-bond acceptors (Lipinski definition) is 4. The molecule has 0 radical (unpaired) electrons. The molecule has 2 rings (SSSR count). The molecule has 1 aromatic heterocycles. The van der Waals surface area contributed by atoms with Gasteiger partial charge in [-0.3, -0.25) is 0 Å². The summed E-state index contributed by atoms with van der Waals surface area (Å²) in [4.78, 5) is 0. The lowest BCUT2D eigenvalue weighted by Crippen LogP contribution is -1.95. The molecule has 0 spiro atoms. The fourth-order valence-corrected chi connectivity index (χ4v) is 1.48. The molecule has 0 fully saturated rings. The van der Waals surface area contributed by atoms with Crippen LogP contribution in [0.2, 0.25) is 0 Å². The van der Waals surface area contributed by atoms with E-state index in [9.17, 15) is 5.11 Å². The van der Waals surface area contributed by atoms with E-state index in [2.05, 4.69) is 5.16 Å². The molecule has 0 aliphatic rings. The van der Waals surface area contributed by atoms with E-state index in [-0.39, 0.29) is 0 Å². The molecule has 4 heteroatoms. The molecule has 0 unspecified atom stereocenters. The summed E-state index contributed by atoms with van der Waals surface area (Å²) in [6, 6.07) is 9.16. The molecule has 0 saturated carbocycles. The number of hydrogen-bond donors (Lipinski definition) is 1. The highest BCUT2D eigenvalue weighted by Gasteiger charge is 2.03. The van der Waals surface area contributed by atoms with Crippen molar-refractivity contribution in [2.75, 3.05) is 0 Å². The SMILES string of the molecule is Cc1cc(COc2ccc([C@@H](C)O)cc2)on1. The van der Waals surface area contributed by atoms with Gasteiger partial charge < -0.3 is 14.4 Å². The predicted octanol–water partition coefficient (Wildman–Crippen LogP) is 2.62. The summed E-state index contributed by atoms with van der Waals surface area (Å²) in [5.74, 6) is 1.44. The van der Waals surface area contributed by atoms with Gasteiger partial charge in [0, 0.05) is 6.07 Å². The summed E-state index contributed by atoms with van der Waals surface area (Å²) in [7, 11) is 0. The summed E-state index contributed by atoms with van der Waals surface area (Å²) in [5.41, 5.74) is 1.71. The van der Waals surface area contributed by atoms with E-state index in [4.69, 9.17) is 9.26 Å². The van der Waals surface area contributed by atoms with E-state index in [0.29, 0.717) is 12.4 Å². The van der Waals surface area contributed by atoms with E-state index in [1.807, 2.05) is 37.3 Å². The lowest BCUT2D eigenvalue weighted by atomic mass is 10.1. The highest BCUT2D eigenvalue weighted by molar-refractivity contribution is 5.28. The molecule has 4 nitrogen and oxygen atoms in total. The van der Waals surface area contributed by atoms with Gasteiger partial charge in [0.25, 0.3) is 0 Å². The average molecular weight is 233 g/mol. The highest BCUT2D eigenvalue weighted by atomic mass is 16.5. The van der Waals surface area contributed by atoms with Crippen molar-refractivity contribution < 1.29 is 14.4 Å². The second-order valence-corrected chi connectivity index (χ2v) is 3.97. The molecule has 0 bridgehead atoms. The van der Waals surface area contributed by atoms with Crippen molar-refractivity contribution >= 4 is 0 Å². The molecule has 0 aliphatic carbocycles. The van der Waals surface area contributed by atoms with Gasteiger partial charge in [0.15, 0.2) is 5.76 Å². The molecule has 1 heterocycles. The third kappa shape index (κ3) is 3.07. The molecular weight excluding hydrogens is 218 g/mol. The van der Waals surface area contributed by atoms with Gasteiger partial charge in [0.05, 0.1) is 11.8 Å². The molecule has 90 valence electrons.